The normalized spacial score (nSPS) is 11.7. The molecule has 3 N–H and O–H groups in total. The molecule has 0 radical (unpaired) electrons. The molecule has 0 aliphatic heterocycles. The average Bonchev–Trinajstić information content (AvgIpc) is 2.38. The molecular formula is C11H16N2O4. The smallest absolute Gasteiger partial charge is 0.277 e. The first-order chi connectivity index (χ1) is 8.22. The number of carbonyl (C=O) groups excluding carboxylic acids is 1. The second-order valence-corrected chi connectivity index (χ2v) is 3.22. The predicted octanol–water partition coefficient (Wildman–Crippen LogP) is 0.0789. The van der Waals surface area contributed by atoms with E-state index in [1.165, 1.54) is 14.2 Å². The highest BCUT2D eigenvalue weighted by molar-refractivity contribution is 5.80. The Morgan fingerprint density at radius 2 is 2.00 bits per heavy atom. The van der Waals surface area contributed by atoms with Crippen molar-refractivity contribution in [1.29, 1.82) is 0 Å². The molecule has 1 rings (SSSR count). The number of ether oxygens (including phenoxy) is 3. The van der Waals surface area contributed by atoms with Gasteiger partial charge in [-0.15, -0.1) is 0 Å². The molecule has 1 aromatic carbocycles. The Balaban J connectivity index is 2.81. The van der Waals surface area contributed by atoms with Crippen molar-refractivity contribution in [3.05, 3.63) is 24.3 Å². The van der Waals surface area contributed by atoms with Crippen LogP contribution in [0.1, 0.15) is 0 Å². The van der Waals surface area contributed by atoms with Gasteiger partial charge in [0.1, 0.15) is 0 Å². The van der Waals surface area contributed by atoms with E-state index in [2.05, 4.69) is 0 Å². The number of rotatable bonds is 6. The van der Waals surface area contributed by atoms with Crippen LogP contribution in [-0.4, -0.2) is 32.8 Å². The van der Waals surface area contributed by atoms with E-state index >= 15 is 0 Å². The van der Waals surface area contributed by atoms with Crippen LogP contribution in [-0.2, 0) is 9.53 Å². The van der Waals surface area contributed by atoms with Gasteiger partial charge in [0.25, 0.3) is 5.91 Å². The van der Waals surface area contributed by atoms with E-state index in [-0.39, 0.29) is 6.61 Å². The Morgan fingerprint density at radius 3 is 2.53 bits per heavy atom. The molecule has 0 fully saturated rings. The van der Waals surface area contributed by atoms with Crippen molar-refractivity contribution >= 4 is 5.91 Å². The molecule has 1 unspecified atom stereocenters. The Morgan fingerprint density at radius 1 is 1.35 bits per heavy atom. The molecule has 0 aliphatic carbocycles. The first-order valence-electron chi connectivity index (χ1n) is 5.02. The van der Waals surface area contributed by atoms with E-state index in [0.717, 1.165) is 0 Å². The van der Waals surface area contributed by atoms with Gasteiger partial charge in [-0.25, -0.2) is 5.84 Å². The lowest BCUT2D eigenvalue weighted by molar-refractivity contribution is -0.130. The number of para-hydroxylation sites is 2. The molecule has 0 spiro atoms. The minimum Gasteiger partial charge on any atom is -0.493 e. The summed E-state index contributed by atoms with van der Waals surface area (Å²) in [6, 6.07) is 7.02. The highest BCUT2D eigenvalue weighted by Gasteiger charge is 2.20. The second-order valence-electron chi connectivity index (χ2n) is 3.22. The van der Waals surface area contributed by atoms with Gasteiger partial charge >= 0.3 is 0 Å². The van der Waals surface area contributed by atoms with Crippen LogP contribution >= 0.6 is 0 Å². The molecule has 6 nitrogen and oxygen atoms in total. The predicted molar refractivity (Wildman–Crippen MR) is 61.6 cm³/mol. The third-order valence-electron chi connectivity index (χ3n) is 2.09. The van der Waals surface area contributed by atoms with Crippen molar-refractivity contribution in [2.24, 2.45) is 5.84 Å². The summed E-state index contributed by atoms with van der Waals surface area (Å²) in [6.07, 6.45) is -0.818. The summed E-state index contributed by atoms with van der Waals surface area (Å²) in [5.74, 6) is 5.60. The Labute approximate surface area is 99.6 Å². The van der Waals surface area contributed by atoms with Crippen LogP contribution in [0.25, 0.3) is 0 Å². The topological polar surface area (TPSA) is 82.8 Å². The van der Waals surface area contributed by atoms with Gasteiger partial charge in [-0.1, -0.05) is 12.1 Å². The molecule has 1 amide bonds. The molecule has 6 heteroatoms. The first kappa shape index (κ1) is 13.3. The minimum absolute atomic E-state index is 0.0983. The van der Waals surface area contributed by atoms with Gasteiger partial charge in [0.15, 0.2) is 11.5 Å². The molecule has 1 atom stereocenters. The van der Waals surface area contributed by atoms with Crippen molar-refractivity contribution in [2.75, 3.05) is 20.8 Å². The van der Waals surface area contributed by atoms with Crippen LogP contribution in [0.3, 0.4) is 0 Å². The summed E-state index contributed by atoms with van der Waals surface area (Å²) < 4.78 is 15.5. The van der Waals surface area contributed by atoms with Crippen LogP contribution in [0.15, 0.2) is 24.3 Å². The maximum absolute atomic E-state index is 11.4. The van der Waals surface area contributed by atoms with Gasteiger partial charge in [-0.2, -0.15) is 0 Å². The summed E-state index contributed by atoms with van der Waals surface area (Å²) in [7, 11) is 3.00. The summed E-state index contributed by atoms with van der Waals surface area (Å²) >= 11 is 0. The summed E-state index contributed by atoms with van der Waals surface area (Å²) in [5.41, 5.74) is 2.02. The molecule has 1 aromatic rings. The minimum atomic E-state index is -0.818. The molecule has 0 saturated heterocycles. The van der Waals surface area contributed by atoms with Gasteiger partial charge in [0, 0.05) is 7.11 Å². The molecule has 0 saturated carbocycles. The molecule has 0 heterocycles. The highest BCUT2D eigenvalue weighted by atomic mass is 16.5. The standard InChI is InChI=1S/C11H16N2O4/c1-15-7-10(11(14)13-12)17-9-6-4-3-5-8(9)16-2/h3-6,10H,7,12H2,1-2H3,(H,13,14). The summed E-state index contributed by atoms with van der Waals surface area (Å²) in [4.78, 5) is 11.4. The van der Waals surface area contributed by atoms with E-state index in [9.17, 15) is 4.79 Å². The van der Waals surface area contributed by atoms with E-state index in [0.29, 0.717) is 11.5 Å². The lowest BCUT2D eigenvalue weighted by Gasteiger charge is -2.18. The molecule has 94 valence electrons. The third kappa shape index (κ3) is 3.61. The second kappa shape index (κ2) is 6.72. The maximum Gasteiger partial charge on any atom is 0.277 e. The molecule has 0 aliphatic rings. The monoisotopic (exact) mass is 240 g/mol. The number of hydrogen-bond acceptors (Lipinski definition) is 5. The van der Waals surface area contributed by atoms with Gasteiger partial charge in [0.2, 0.25) is 6.10 Å². The average molecular weight is 240 g/mol. The zero-order valence-corrected chi connectivity index (χ0v) is 9.80. The van der Waals surface area contributed by atoms with E-state index in [1.54, 1.807) is 24.3 Å². The molecule has 0 bridgehead atoms. The quantitative estimate of drug-likeness (QED) is 0.418. The fourth-order valence-corrected chi connectivity index (χ4v) is 1.28. The lowest BCUT2D eigenvalue weighted by atomic mass is 10.3. The SMILES string of the molecule is COCC(Oc1ccccc1OC)C(=O)NN. The number of nitrogens with two attached hydrogens (primary N) is 1. The maximum atomic E-state index is 11.4. The summed E-state index contributed by atoms with van der Waals surface area (Å²) in [6.45, 7) is 0.0983. The van der Waals surface area contributed by atoms with Crippen LogP contribution in [0.2, 0.25) is 0 Å². The van der Waals surface area contributed by atoms with Crippen LogP contribution < -0.4 is 20.7 Å². The lowest BCUT2D eigenvalue weighted by Crippen LogP contribution is -2.44. The number of methoxy groups -OCH3 is 2. The van der Waals surface area contributed by atoms with Gasteiger partial charge in [-0.3, -0.25) is 10.2 Å². The zero-order valence-electron chi connectivity index (χ0n) is 9.80. The number of hydrazine groups is 1. The van der Waals surface area contributed by atoms with Crippen LogP contribution in [0.4, 0.5) is 0 Å². The van der Waals surface area contributed by atoms with Gasteiger partial charge in [-0.05, 0) is 12.1 Å². The molecule has 17 heavy (non-hydrogen) atoms. The van der Waals surface area contributed by atoms with Crippen LogP contribution in [0, 0.1) is 0 Å². The van der Waals surface area contributed by atoms with Gasteiger partial charge in [0.05, 0.1) is 13.7 Å². The van der Waals surface area contributed by atoms with E-state index < -0.39 is 12.0 Å². The fraction of sp³-hybridized carbons (Fsp3) is 0.364. The third-order valence-corrected chi connectivity index (χ3v) is 2.09. The highest BCUT2D eigenvalue weighted by Crippen LogP contribution is 2.26. The van der Waals surface area contributed by atoms with Crippen molar-refractivity contribution in [3.8, 4) is 11.5 Å². The number of hydrogen-bond donors (Lipinski definition) is 2. The van der Waals surface area contributed by atoms with Crippen molar-refractivity contribution < 1.29 is 19.0 Å². The zero-order chi connectivity index (χ0) is 12.7. The number of nitrogens with one attached hydrogen (secondary N) is 1. The number of carbonyl (C=O) groups is 1. The van der Waals surface area contributed by atoms with E-state index in [1.807, 2.05) is 5.43 Å². The van der Waals surface area contributed by atoms with Crippen molar-refractivity contribution in [2.45, 2.75) is 6.10 Å². The van der Waals surface area contributed by atoms with Crippen LogP contribution in [0.5, 0.6) is 11.5 Å². The Hall–Kier alpha value is -1.79. The molecule has 0 aromatic heterocycles. The van der Waals surface area contributed by atoms with Gasteiger partial charge < -0.3 is 14.2 Å². The van der Waals surface area contributed by atoms with E-state index in [4.69, 9.17) is 20.1 Å². The number of benzene rings is 1. The molecular weight excluding hydrogens is 224 g/mol. The number of amides is 1. The Bertz CT molecular complexity index is 370. The van der Waals surface area contributed by atoms with Crippen molar-refractivity contribution in [1.82, 2.24) is 5.43 Å². The van der Waals surface area contributed by atoms with Crippen molar-refractivity contribution in [3.63, 3.8) is 0 Å². The fourth-order valence-electron chi connectivity index (χ4n) is 1.28. The first-order valence-corrected chi connectivity index (χ1v) is 5.02. The Kier molecular flexibility index (Phi) is 5.25. The summed E-state index contributed by atoms with van der Waals surface area (Å²) in [5, 5.41) is 0. The largest absolute Gasteiger partial charge is 0.493 e.